The first-order chi connectivity index (χ1) is 11.6. The summed E-state index contributed by atoms with van der Waals surface area (Å²) in [5.74, 6) is 0.967. The maximum absolute atomic E-state index is 12.3. The second-order valence-corrected chi connectivity index (χ2v) is 7.25. The molecule has 1 N–H and O–H groups in total. The number of nitrogens with zero attached hydrogens (tertiary/aromatic N) is 3. The molecular weight excluding hydrogens is 300 g/mol. The Labute approximate surface area is 145 Å². The number of carbonyl (C=O) groups is 1. The zero-order valence-electron chi connectivity index (χ0n) is 15.0. The summed E-state index contributed by atoms with van der Waals surface area (Å²) in [5, 5.41) is 3.27. The van der Waals surface area contributed by atoms with Gasteiger partial charge in [-0.15, -0.1) is 0 Å². The van der Waals surface area contributed by atoms with Gasteiger partial charge in [-0.1, -0.05) is 6.92 Å². The minimum absolute atomic E-state index is 0.213. The van der Waals surface area contributed by atoms with Crippen molar-refractivity contribution in [3.05, 3.63) is 24.3 Å². The first-order valence-corrected chi connectivity index (χ1v) is 9.17. The van der Waals surface area contributed by atoms with Crippen LogP contribution in [0.2, 0.25) is 0 Å². The summed E-state index contributed by atoms with van der Waals surface area (Å²) in [6, 6.07) is 8.47. The molecule has 2 aliphatic rings. The van der Waals surface area contributed by atoms with E-state index in [2.05, 4.69) is 53.4 Å². The van der Waals surface area contributed by atoms with E-state index >= 15 is 0 Å². The van der Waals surface area contributed by atoms with Gasteiger partial charge < -0.3 is 20.0 Å². The molecule has 0 radical (unpaired) electrons. The highest BCUT2D eigenvalue weighted by molar-refractivity contribution is 5.81. The van der Waals surface area contributed by atoms with Gasteiger partial charge in [0, 0.05) is 50.6 Å². The second kappa shape index (κ2) is 7.88. The molecule has 3 rings (SSSR count). The van der Waals surface area contributed by atoms with Gasteiger partial charge in [0.2, 0.25) is 5.91 Å². The van der Waals surface area contributed by atoms with Gasteiger partial charge in [-0.3, -0.25) is 4.79 Å². The van der Waals surface area contributed by atoms with Crippen molar-refractivity contribution in [3.63, 3.8) is 0 Å². The number of hydrogen-bond acceptors (Lipinski definition) is 4. The van der Waals surface area contributed by atoms with Crippen LogP contribution in [-0.4, -0.2) is 68.6 Å². The van der Waals surface area contributed by atoms with Gasteiger partial charge in [0.1, 0.15) is 0 Å². The van der Waals surface area contributed by atoms with E-state index in [4.69, 9.17) is 0 Å². The van der Waals surface area contributed by atoms with Crippen LogP contribution < -0.4 is 10.2 Å². The molecule has 24 heavy (non-hydrogen) atoms. The molecule has 2 saturated heterocycles. The molecule has 1 amide bonds. The molecule has 0 saturated carbocycles. The molecule has 0 aliphatic carbocycles. The molecule has 2 heterocycles. The van der Waals surface area contributed by atoms with E-state index in [9.17, 15) is 4.79 Å². The van der Waals surface area contributed by atoms with Crippen molar-refractivity contribution in [1.29, 1.82) is 0 Å². The summed E-state index contributed by atoms with van der Waals surface area (Å²) < 4.78 is 0. The van der Waals surface area contributed by atoms with Crippen LogP contribution in [0, 0.1) is 5.92 Å². The number of likely N-dealkylation sites (tertiary alicyclic amines) is 1. The highest BCUT2D eigenvalue weighted by Gasteiger charge is 2.20. The Bertz CT molecular complexity index is 529. The number of piperazine rings is 1. The normalized spacial score (nSPS) is 20.2. The van der Waals surface area contributed by atoms with Crippen molar-refractivity contribution in [3.8, 4) is 0 Å². The van der Waals surface area contributed by atoms with Crippen LogP contribution in [0.15, 0.2) is 24.3 Å². The van der Waals surface area contributed by atoms with Crippen molar-refractivity contribution < 1.29 is 4.79 Å². The zero-order valence-corrected chi connectivity index (χ0v) is 15.0. The topological polar surface area (TPSA) is 38.8 Å². The summed E-state index contributed by atoms with van der Waals surface area (Å²) >= 11 is 0. The molecule has 0 bridgehead atoms. The predicted molar refractivity (Wildman–Crippen MR) is 99.6 cm³/mol. The molecule has 0 atom stereocenters. The van der Waals surface area contributed by atoms with Crippen molar-refractivity contribution in [2.24, 2.45) is 5.92 Å². The molecule has 0 aromatic heterocycles. The van der Waals surface area contributed by atoms with Gasteiger partial charge in [0.15, 0.2) is 0 Å². The number of nitrogens with one attached hydrogen (secondary N) is 1. The van der Waals surface area contributed by atoms with E-state index in [0.717, 1.165) is 63.7 Å². The minimum atomic E-state index is 0.213. The number of likely N-dealkylation sites (N-methyl/N-ethyl adjacent to an activating group) is 1. The third-order valence-corrected chi connectivity index (χ3v) is 5.32. The Morgan fingerprint density at radius 2 is 1.67 bits per heavy atom. The lowest BCUT2D eigenvalue weighted by molar-refractivity contribution is -0.130. The average Bonchev–Trinajstić information content (AvgIpc) is 2.61. The van der Waals surface area contributed by atoms with E-state index in [1.165, 1.54) is 5.69 Å². The number of benzene rings is 1. The minimum Gasteiger partial charge on any atom is -0.376 e. The van der Waals surface area contributed by atoms with Crippen LogP contribution in [-0.2, 0) is 4.79 Å². The highest BCUT2D eigenvalue weighted by atomic mass is 16.2. The number of piperidine rings is 1. The Kier molecular flexibility index (Phi) is 5.61. The average molecular weight is 330 g/mol. The Balaban J connectivity index is 1.47. The van der Waals surface area contributed by atoms with Gasteiger partial charge in [-0.25, -0.2) is 0 Å². The van der Waals surface area contributed by atoms with E-state index < -0.39 is 0 Å². The van der Waals surface area contributed by atoms with Gasteiger partial charge in [0.25, 0.3) is 0 Å². The lowest BCUT2D eigenvalue weighted by Gasteiger charge is -2.34. The molecule has 5 heteroatoms. The van der Waals surface area contributed by atoms with Gasteiger partial charge in [-0.2, -0.15) is 0 Å². The van der Waals surface area contributed by atoms with E-state index in [-0.39, 0.29) is 5.91 Å². The fourth-order valence-corrected chi connectivity index (χ4v) is 3.40. The number of anilines is 2. The molecular formula is C19H30N4O. The third kappa shape index (κ3) is 4.41. The SMILES string of the molecule is CC1CCN(C(=O)CNc2ccc(N3CCN(C)CC3)cc2)CC1. The van der Waals surface area contributed by atoms with Gasteiger partial charge in [-0.05, 0) is 50.1 Å². The predicted octanol–water partition coefficient (Wildman–Crippen LogP) is 2.11. The third-order valence-electron chi connectivity index (χ3n) is 5.32. The lowest BCUT2D eigenvalue weighted by Crippen LogP contribution is -2.44. The largest absolute Gasteiger partial charge is 0.376 e. The van der Waals surface area contributed by atoms with Crippen LogP contribution in [0.5, 0.6) is 0 Å². The first kappa shape index (κ1) is 17.1. The molecule has 2 fully saturated rings. The first-order valence-electron chi connectivity index (χ1n) is 9.17. The summed E-state index contributed by atoms with van der Waals surface area (Å²) in [6.45, 7) is 8.86. The number of carbonyl (C=O) groups excluding carboxylic acids is 1. The van der Waals surface area contributed by atoms with Crippen molar-refractivity contribution in [1.82, 2.24) is 9.80 Å². The summed E-state index contributed by atoms with van der Waals surface area (Å²) in [7, 11) is 2.17. The zero-order chi connectivity index (χ0) is 16.9. The standard InChI is InChI=1S/C19H30N4O/c1-16-7-9-23(10-8-16)19(24)15-20-17-3-5-18(6-4-17)22-13-11-21(2)12-14-22/h3-6,16,20H,7-15H2,1-2H3. The summed E-state index contributed by atoms with van der Waals surface area (Å²) in [6.07, 6.45) is 2.26. The van der Waals surface area contributed by atoms with Crippen LogP contribution in [0.25, 0.3) is 0 Å². The number of hydrogen-bond donors (Lipinski definition) is 1. The van der Waals surface area contributed by atoms with E-state index in [1.54, 1.807) is 0 Å². The van der Waals surface area contributed by atoms with Crippen LogP contribution in [0.4, 0.5) is 11.4 Å². The molecule has 5 nitrogen and oxygen atoms in total. The summed E-state index contributed by atoms with van der Waals surface area (Å²) in [5.41, 5.74) is 2.29. The molecule has 1 aromatic rings. The summed E-state index contributed by atoms with van der Waals surface area (Å²) in [4.78, 5) is 19.0. The Morgan fingerprint density at radius 3 is 2.29 bits per heavy atom. The lowest BCUT2D eigenvalue weighted by atomic mass is 9.99. The smallest absolute Gasteiger partial charge is 0.241 e. The van der Waals surface area contributed by atoms with Gasteiger partial charge >= 0.3 is 0 Å². The molecule has 132 valence electrons. The fourth-order valence-electron chi connectivity index (χ4n) is 3.40. The van der Waals surface area contributed by atoms with Crippen molar-refractivity contribution >= 4 is 17.3 Å². The number of amides is 1. The maximum Gasteiger partial charge on any atom is 0.241 e. The van der Waals surface area contributed by atoms with E-state index in [1.807, 2.05) is 4.90 Å². The Hall–Kier alpha value is -1.75. The molecule has 2 aliphatic heterocycles. The maximum atomic E-state index is 12.3. The molecule has 0 unspecified atom stereocenters. The van der Waals surface area contributed by atoms with Crippen molar-refractivity contribution in [2.45, 2.75) is 19.8 Å². The van der Waals surface area contributed by atoms with Crippen LogP contribution in [0.3, 0.4) is 0 Å². The highest BCUT2D eigenvalue weighted by Crippen LogP contribution is 2.20. The van der Waals surface area contributed by atoms with Crippen LogP contribution >= 0.6 is 0 Å². The Morgan fingerprint density at radius 1 is 1.04 bits per heavy atom. The molecule has 0 spiro atoms. The quantitative estimate of drug-likeness (QED) is 0.918. The monoisotopic (exact) mass is 330 g/mol. The number of rotatable bonds is 4. The molecule has 1 aromatic carbocycles. The van der Waals surface area contributed by atoms with Crippen molar-refractivity contribution in [2.75, 3.05) is 63.1 Å². The van der Waals surface area contributed by atoms with E-state index in [0.29, 0.717) is 6.54 Å². The second-order valence-electron chi connectivity index (χ2n) is 7.25. The fraction of sp³-hybridized carbons (Fsp3) is 0.632. The van der Waals surface area contributed by atoms with Crippen LogP contribution in [0.1, 0.15) is 19.8 Å². The van der Waals surface area contributed by atoms with Gasteiger partial charge in [0.05, 0.1) is 6.54 Å².